The second-order valence-corrected chi connectivity index (χ2v) is 6.07. The highest BCUT2D eigenvalue weighted by molar-refractivity contribution is 5.85. The van der Waals surface area contributed by atoms with Gasteiger partial charge in [-0.2, -0.15) is 0 Å². The van der Waals surface area contributed by atoms with Crippen LogP contribution in [0, 0.1) is 0 Å². The second-order valence-electron chi connectivity index (χ2n) is 6.07. The molecular weight excluding hydrogens is 240 g/mol. The summed E-state index contributed by atoms with van der Waals surface area (Å²) in [4.78, 5) is 16.7. The van der Waals surface area contributed by atoms with E-state index in [1.807, 2.05) is 6.92 Å². The van der Waals surface area contributed by atoms with Gasteiger partial charge in [0.2, 0.25) is 5.91 Å². The van der Waals surface area contributed by atoms with Crippen LogP contribution >= 0.6 is 0 Å². The third kappa shape index (κ3) is 3.27. The van der Waals surface area contributed by atoms with Crippen LogP contribution in [0.25, 0.3) is 0 Å². The first-order valence-electron chi connectivity index (χ1n) is 7.55. The van der Waals surface area contributed by atoms with E-state index in [0.29, 0.717) is 6.04 Å². The normalized spacial score (nSPS) is 34.3. The number of nitrogens with two attached hydrogens (primary N) is 1. The van der Waals surface area contributed by atoms with Crippen molar-refractivity contribution in [3.8, 4) is 0 Å². The Hall–Kier alpha value is -0.650. The minimum atomic E-state index is -0.461. The summed E-state index contributed by atoms with van der Waals surface area (Å²) in [5.74, 6) is -0.177. The van der Waals surface area contributed by atoms with Crippen molar-refractivity contribution in [3.63, 3.8) is 0 Å². The number of nitrogens with one attached hydrogen (secondary N) is 1. The molecule has 19 heavy (non-hydrogen) atoms. The summed E-state index contributed by atoms with van der Waals surface area (Å²) in [5, 5.41) is 3.34. The fraction of sp³-hybridized carbons (Fsp3) is 0.929. The summed E-state index contributed by atoms with van der Waals surface area (Å²) in [7, 11) is 2.19. The molecule has 5 nitrogen and oxygen atoms in total. The number of primary amides is 1. The first-order chi connectivity index (χ1) is 9.07. The van der Waals surface area contributed by atoms with Crippen LogP contribution in [0.4, 0.5) is 0 Å². The van der Waals surface area contributed by atoms with E-state index in [9.17, 15) is 4.79 Å². The average molecular weight is 268 g/mol. The van der Waals surface area contributed by atoms with Crippen molar-refractivity contribution in [1.29, 1.82) is 0 Å². The molecule has 2 aliphatic rings. The molecule has 0 radical (unpaired) electrons. The number of nitrogens with zero attached hydrogens (tertiary/aromatic N) is 2. The van der Waals surface area contributed by atoms with Gasteiger partial charge in [0, 0.05) is 19.1 Å². The van der Waals surface area contributed by atoms with Gasteiger partial charge in [0.05, 0.1) is 5.54 Å². The lowest BCUT2D eigenvalue weighted by Gasteiger charge is -2.30. The van der Waals surface area contributed by atoms with Crippen LogP contribution in [-0.4, -0.2) is 67.1 Å². The largest absolute Gasteiger partial charge is 0.368 e. The van der Waals surface area contributed by atoms with E-state index in [0.717, 1.165) is 45.4 Å². The van der Waals surface area contributed by atoms with Crippen LogP contribution in [0.2, 0.25) is 0 Å². The summed E-state index contributed by atoms with van der Waals surface area (Å²) in [6, 6.07) is 0.512. The number of carbonyl (C=O) groups is 1. The Morgan fingerprint density at radius 3 is 2.84 bits per heavy atom. The Balaban J connectivity index is 1.98. The third-order valence-electron chi connectivity index (χ3n) is 4.75. The van der Waals surface area contributed by atoms with Gasteiger partial charge in [-0.3, -0.25) is 9.69 Å². The summed E-state index contributed by atoms with van der Waals surface area (Å²) < 4.78 is 0. The molecule has 0 aromatic heterocycles. The first kappa shape index (κ1) is 14.8. The summed E-state index contributed by atoms with van der Waals surface area (Å²) in [6.45, 7) is 7.41. The van der Waals surface area contributed by atoms with Crippen molar-refractivity contribution in [1.82, 2.24) is 15.1 Å². The molecule has 2 atom stereocenters. The quantitative estimate of drug-likeness (QED) is 0.754. The standard InChI is InChI=1S/C14H28N4O/c1-3-16-14(13(15)19)6-5-12(11-14)18-8-4-7-17(2)9-10-18/h12,16H,3-11H2,1-2H3,(H2,15,19). The van der Waals surface area contributed by atoms with Crippen molar-refractivity contribution in [2.45, 2.75) is 44.2 Å². The Morgan fingerprint density at radius 2 is 2.16 bits per heavy atom. The smallest absolute Gasteiger partial charge is 0.237 e. The van der Waals surface area contributed by atoms with Gasteiger partial charge in [-0.15, -0.1) is 0 Å². The van der Waals surface area contributed by atoms with Gasteiger partial charge in [0.1, 0.15) is 0 Å². The van der Waals surface area contributed by atoms with Gasteiger partial charge >= 0.3 is 0 Å². The van der Waals surface area contributed by atoms with Gasteiger partial charge in [0.15, 0.2) is 0 Å². The molecule has 2 unspecified atom stereocenters. The minimum Gasteiger partial charge on any atom is -0.368 e. The van der Waals surface area contributed by atoms with E-state index in [1.54, 1.807) is 0 Å². The van der Waals surface area contributed by atoms with E-state index in [-0.39, 0.29) is 5.91 Å². The van der Waals surface area contributed by atoms with Crippen LogP contribution in [0.5, 0.6) is 0 Å². The van der Waals surface area contributed by atoms with E-state index in [4.69, 9.17) is 5.73 Å². The zero-order valence-electron chi connectivity index (χ0n) is 12.3. The number of likely N-dealkylation sites (N-methyl/N-ethyl adjacent to an activating group) is 2. The number of rotatable bonds is 4. The molecule has 1 aliphatic heterocycles. The SMILES string of the molecule is CCNC1(C(N)=O)CCC(N2CCCN(C)CC2)C1. The molecule has 0 aromatic rings. The fourth-order valence-corrected chi connectivity index (χ4v) is 3.57. The zero-order valence-corrected chi connectivity index (χ0v) is 12.3. The maximum atomic E-state index is 11.8. The number of hydrogen-bond donors (Lipinski definition) is 2. The van der Waals surface area contributed by atoms with Crippen molar-refractivity contribution < 1.29 is 4.79 Å². The van der Waals surface area contributed by atoms with Crippen molar-refractivity contribution in [2.24, 2.45) is 5.73 Å². The average Bonchev–Trinajstić information content (AvgIpc) is 2.68. The summed E-state index contributed by atoms with van der Waals surface area (Å²) in [6.07, 6.45) is 4.06. The molecule has 1 amide bonds. The topological polar surface area (TPSA) is 61.6 Å². The first-order valence-corrected chi connectivity index (χ1v) is 7.55. The Kier molecular flexibility index (Phi) is 4.81. The second kappa shape index (κ2) is 6.20. The lowest BCUT2D eigenvalue weighted by Crippen LogP contribution is -2.54. The van der Waals surface area contributed by atoms with Crippen molar-refractivity contribution in [3.05, 3.63) is 0 Å². The molecule has 0 aromatic carbocycles. The van der Waals surface area contributed by atoms with Crippen LogP contribution in [-0.2, 0) is 4.79 Å². The Morgan fingerprint density at radius 1 is 1.37 bits per heavy atom. The molecule has 3 N–H and O–H groups in total. The van der Waals surface area contributed by atoms with Crippen LogP contribution < -0.4 is 11.1 Å². The molecule has 1 heterocycles. The van der Waals surface area contributed by atoms with Crippen LogP contribution in [0.15, 0.2) is 0 Å². The van der Waals surface area contributed by atoms with Crippen LogP contribution in [0.1, 0.15) is 32.6 Å². The van der Waals surface area contributed by atoms with E-state index in [2.05, 4.69) is 22.2 Å². The summed E-state index contributed by atoms with van der Waals surface area (Å²) in [5.41, 5.74) is 5.17. The highest BCUT2D eigenvalue weighted by atomic mass is 16.1. The monoisotopic (exact) mass is 268 g/mol. The van der Waals surface area contributed by atoms with Gasteiger partial charge in [-0.1, -0.05) is 6.92 Å². The highest BCUT2D eigenvalue weighted by Crippen LogP contribution is 2.33. The van der Waals surface area contributed by atoms with Crippen LogP contribution in [0.3, 0.4) is 0 Å². The number of amides is 1. The molecule has 2 rings (SSSR count). The Bertz CT molecular complexity index is 323. The molecule has 1 saturated heterocycles. The van der Waals surface area contributed by atoms with E-state index < -0.39 is 5.54 Å². The predicted octanol–water partition coefficient (Wildman–Crippen LogP) is 0.0100. The van der Waals surface area contributed by atoms with Crippen molar-refractivity contribution in [2.75, 3.05) is 39.8 Å². The maximum absolute atomic E-state index is 11.8. The van der Waals surface area contributed by atoms with Gasteiger partial charge in [0.25, 0.3) is 0 Å². The number of hydrogen-bond acceptors (Lipinski definition) is 4. The van der Waals surface area contributed by atoms with Gasteiger partial charge in [-0.05, 0) is 52.4 Å². The highest BCUT2D eigenvalue weighted by Gasteiger charge is 2.45. The fourth-order valence-electron chi connectivity index (χ4n) is 3.57. The molecule has 5 heteroatoms. The lowest BCUT2D eigenvalue weighted by molar-refractivity contribution is -0.124. The molecule has 0 bridgehead atoms. The lowest BCUT2D eigenvalue weighted by atomic mass is 9.96. The molecule has 1 saturated carbocycles. The third-order valence-corrected chi connectivity index (χ3v) is 4.75. The molecule has 1 aliphatic carbocycles. The van der Waals surface area contributed by atoms with E-state index in [1.165, 1.54) is 13.0 Å². The zero-order chi connectivity index (χ0) is 13.9. The molecule has 0 spiro atoms. The predicted molar refractivity (Wildman–Crippen MR) is 76.9 cm³/mol. The minimum absolute atomic E-state index is 0.177. The van der Waals surface area contributed by atoms with Gasteiger partial charge in [-0.25, -0.2) is 0 Å². The number of carbonyl (C=O) groups excluding carboxylic acids is 1. The Labute approximate surface area is 116 Å². The molecule has 110 valence electrons. The van der Waals surface area contributed by atoms with Crippen molar-refractivity contribution >= 4 is 5.91 Å². The summed E-state index contributed by atoms with van der Waals surface area (Å²) >= 11 is 0. The molecule has 2 fully saturated rings. The molecular formula is C14H28N4O. The van der Waals surface area contributed by atoms with Gasteiger partial charge < -0.3 is 16.0 Å². The maximum Gasteiger partial charge on any atom is 0.237 e. The van der Waals surface area contributed by atoms with E-state index >= 15 is 0 Å².